The zero-order valence-electron chi connectivity index (χ0n) is 10.6. The Kier molecular flexibility index (Phi) is 3.95. The summed E-state index contributed by atoms with van der Waals surface area (Å²) >= 11 is 0. The molecule has 0 saturated heterocycles. The minimum Gasteiger partial charge on any atom is -0.332 e. The molecule has 0 fully saturated rings. The van der Waals surface area contributed by atoms with Gasteiger partial charge in [0.15, 0.2) is 5.03 Å². The van der Waals surface area contributed by atoms with E-state index in [-0.39, 0.29) is 11.1 Å². The number of aryl methyl sites for hydroxylation is 1. The Labute approximate surface area is 102 Å². The van der Waals surface area contributed by atoms with Crippen molar-refractivity contribution in [3.05, 3.63) is 12.0 Å². The monoisotopic (exact) mass is 260 g/mol. The van der Waals surface area contributed by atoms with Crippen molar-refractivity contribution < 1.29 is 8.42 Å². The number of imidazole rings is 1. The van der Waals surface area contributed by atoms with Crippen molar-refractivity contribution in [2.45, 2.75) is 50.7 Å². The molecule has 1 aromatic heterocycles. The van der Waals surface area contributed by atoms with Gasteiger partial charge in [-0.3, -0.25) is 0 Å². The number of nitrogens with two attached hydrogens (primary N) is 1. The van der Waals surface area contributed by atoms with Crippen LogP contribution in [-0.4, -0.2) is 30.0 Å². The highest BCUT2D eigenvalue weighted by Gasteiger charge is 2.30. The minimum atomic E-state index is -3.60. The second kappa shape index (κ2) is 4.75. The number of H-pyrrole nitrogens is 1. The molecule has 0 saturated carbocycles. The number of aromatic amines is 1. The standard InChI is InChI=1S/C10H20N4O2S/c1-5-8-12-6-9(13-8)17(15,16)14-10(3,4)7(2)11/h6-7,14H,5,11H2,1-4H3,(H,12,13). The molecule has 7 heteroatoms. The first-order chi connectivity index (χ1) is 7.69. The lowest BCUT2D eigenvalue weighted by Crippen LogP contribution is -2.54. The molecule has 0 radical (unpaired) electrons. The number of nitrogens with one attached hydrogen (secondary N) is 2. The number of hydrogen-bond acceptors (Lipinski definition) is 4. The third kappa shape index (κ3) is 3.27. The van der Waals surface area contributed by atoms with Crippen LogP contribution in [0.1, 0.15) is 33.5 Å². The molecular formula is C10H20N4O2S. The van der Waals surface area contributed by atoms with Crippen LogP contribution in [-0.2, 0) is 16.4 Å². The molecule has 0 bridgehead atoms. The second-order valence-electron chi connectivity index (χ2n) is 4.66. The molecule has 0 aliphatic rings. The first-order valence-corrected chi connectivity index (χ1v) is 7.01. The summed E-state index contributed by atoms with van der Waals surface area (Å²) in [5, 5.41) is 0.0723. The van der Waals surface area contributed by atoms with E-state index < -0.39 is 15.6 Å². The van der Waals surface area contributed by atoms with Crippen LogP contribution in [0.3, 0.4) is 0 Å². The summed E-state index contributed by atoms with van der Waals surface area (Å²) in [4.78, 5) is 6.73. The number of rotatable bonds is 5. The van der Waals surface area contributed by atoms with E-state index in [0.29, 0.717) is 12.2 Å². The van der Waals surface area contributed by atoms with Gasteiger partial charge < -0.3 is 10.7 Å². The first-order valence-electron chi connectivity index (χ1n) is 5.52. The average Bonchev–Trinajstić information content (AvgIpc) is 2.64. The summed E-state index contributed by atoms with van der Waals surface area (Å²) in [7, 11) is -3.60. The van der Waals surface area contributed by atoms with E-state index in [2.05, 4.69) is 14.7 Å². The Morgan fingerprint density at radius 2 is 2.18 bits per heavy atom. The third-order valence-electron chi connectivity index (χ3n) is 2.77. The highest BCUT2D eigenvalue weighted by atomic mass is 32.2. The van der Waals surface area contributed by atoms with Crippen LogP contribution in [0.15, 0.2) is 11.2 Å². The van der Waals surface area contributed by atoms with Crippen molar-refractivity contribution >= 4 is 10.0 Å². The molecule has 6 nitrogen and oxygen atoms in total. The molecular weight excluding hydrogens is 240 g/mol. The van der Waals surface area contributed by atoms with Gasteiger partial charge in [-0.1, -0.05) is 6.92 Å². The fraction of sp³-hybridized carbons (Fsp3) is 0.700. The smallest absolute Gasteiger partial charge is 0.258 e. The number of aromatic nitrogens is 2. The summed E-state index contributed by atoms with van der Waals surface area (Å²) < 4.78 is 26.6. The molecule has 98 valence electrons. The normalized spacial score (nSPS) is 14.9. The topological polar surface area (TPSA) is 101 Å². The van der Waals surface area contributed by atoms with Crippen LogP contribution in [0.4, 0.5) is 0 Å². The Bertz CT molecular complexity index is 476. The SMILES string of the molecule is CCc1ncc(S(=O)(=O)NC(C)(C)C(C)N)[nH]1. The van der Waals surface area contributed by atoms with E-state index in [1.54, 1.807) is 20.8 Å². The lowest BCUT2D eigenvalue weighted by atomic mass is 9.99. The van der Waals surface area contributed by atoms with Gasteiger partial charge in [-0.15, -0.1) is 0 Å². The van der Waals surface area contributed by atoms with Crippen molar-refractivity contribution in [2.75, 3.05) is 0 Å². The van der Waals surface area contributed by atoms with Crippen LogP contribution in [0.2, 0.25) is 0 Å². The van der Waals surface area contributed by atoms with Crippen LogP contribution in [0.25, 0.3) is 0 Å². The van der Waals surface area contributed by atoms with Gasteiger partial charge in [0.05, 0.1) is 6.20 Å². The first kappa shape index (κ1) is 14.1. The summed E-state index contributed by atoms with van der Waals surface area (Å²) in [5.74, 6) is 0.643. The van der Waals surface area contributed by atoms with E-state index in [4.69, 9.17) is 5.73 Å². The average molecular weight is 260 g/mol. The van der Waals surface area contributed by atoms with Crippen molar-refractivity contribution in [1.29, 1.82) is 0 Å². The van der Waals surface area contributed by atoms with Gasteiger partial charge in [0.2, 0.25) is 0 Å². The molecule has 1 aromatic rings. The molecule has 0 aromatic carbocycles. The lowest BCUT2D eigenvalue weighted by Gasteiger charge is -2.29. The number of sulfonamides is 1. The van der Waals surface area contributed by atoms with Crippen molar-refractivity contribution in [1.82, 2.24) is 14.7 Å². The summed E-state index contributed by atoms with van der Waals surface area (Å²) in [6.07, 6.45) is 1.98. The van der Waals surface area contributed by atoms with Gasteiger partial charge in [-0.25, -0.2) is 18.1 Å². The Balaban J connectivity index is 2.97. The van der Waals surface area contributed by atoms with E-state index in [0.717, 1.165) is 0 Å². The minimum absolute atomic E-state index is 0.0723. The predicted molar refractivity (Wildman–Crippen MR) is 66.0 cm³/mol. The zero-order chi connectivity index (χ0) is 13.3. The Morgan fingerprint density at radius 3 is 2.59 bits per heavy atom. The van der Waals surface area contributed by atoms with E-state index in [9.17, 15) is 8.42 Å². The maximum absolute atomic E-state index is 12.0. The highest BCUT2D eigenvalue weighted by Crippen LogP contribution is 2.13. The molecule has 0 aliphatic carbocycles. The Morgan fingerprint density at radius 1 is 1.59 bits per heavy atom. The van der Waals surface area contributed by atoms with E-state index >= 15 is 0 Å². The van der Waals surface area contributed by atoms with Gasteiger partial charge in [0.25, 0.3) is 10.0 Å². The molecule has 0 amide bonds. The fourth-order valence-electron chi connectivity index (χ4n) is 1.15. The highest BCUT2D eigenvalue weighted by molar-refractivity contribution is 7.89. The van der Waals surface area contributed by atoms with Crippen molar-refractivity contribution in [3.63, 3.8) is 0 Å². The van der Waals surface area contributed by atoms with Gasteiger partial charge in [0.1, 0.15) is 5.82 Å². The van der Waals surface area contributed by atoms with Gasteiger partial charge in [-0.05, 0) is 20.8 Å². The molecule has 1 unspecified atom stereocenters. The molecule has 17 heavy (non-hydrogen) atoms. The molecule has 0 aliphatic heterocycles. The van der Waals surface area contributed by atoms with Gasteiger partial charge in [-0.2, -0.15) is 0 Å². The molecule has 1 heterocycles. The molecule has 1 atom stereocenters. The summed E-state index contributed by atoms with van der Waals surface area (Å²) in [6, 6.07) is -0.300. The fourth-order valence-corrected chi connectivity index (χ4v) is 2.59. The van der Waals surface area contributed by atoms with E-state index in [1.807, 2.05) is 6.92 Å². The van der Waals surface area contributed by atoms with Crippen LogP contribution in [0, 0.1) is 0 Å². The number of hydrogen-bond donors (Lipinski definition) is 3. The summed E-state index contributed by atoms with van der Waals surface area (Å²) in [6.45, 7) is 7.14. The molecule has 4 N–H and O–H groups in total. The third-order valence-corrected chi connectivity index (χ3v) is 4.35. The molecule has 1 rings (SSSR count). The zero-order valence-corrected chi connectivity index (χ0v) is 11.4. The molecule has 0 spiro atoms. The van der Waals surface area contributed by atoms with Crippen molar-refractivity contribution in [2.24, 2.45) is 5.73 Å². The maximum atomic E-state index is 12.0. The van der Waals surface area contributed by atoms with E-state index in [1.165, 1.54) is 6.20 Å². The van der Waals surface area contributed by atoms with Crippen LogP contribution < -0.4 is 10.5 Å². The van der Waals surface area contributed by atoms with Crippen LogP contribution >= 0.6 is 0 Å². The quantitative estimate of drug-likeness (QED) is 0.712. The van der Waals surface area contributed by atoms with Crippen LogP contribution in [0.5, 0.6) is 0 Å². The second-order valence-corrected chi connectivity index (χ2v) is 6.31. The Hall–Kier alpha value is -0.920. The lowest BCUT2D eigenvalue weighted by molar-refractivity contribution is 0.387. The number of nitrogens with zero attached hydrogens (tertiary/aromatic N) is 1. The van der Waals surface area contributed by atoms with Crippen molar-refractivity contribution in [3.8, 4) is 0 Å². The largest absolute Gasteiger partial charge is 0.332 e. The maximum Gasteiger partial charge on any atom is 0.258 e. The predicted octanol–water partition coefficient (Wildman–Crippen LogP) is 0.376. The summed E-state index contributed by atoms with van der Waals surface area (Å²) in [5.41, 5.74) is 5.02. The van der Waals surface area contributed by atoms with Gasteiger partial charge >= 0.3 is 0 Å². The van der Waals surface area contributed by atoms with Gasteiger partial charge in [0, 0.05) is 18.0 Å².